The average Bonchev–Trinajstić information content (AvgIpc) is 3.54. The molecule has 3 amide bonds. The zero-order valence-corrected chi connectivity index (χ0v) is 27.5. The summed E-state index contributed by atoms with van der Waals surface area (Å²) in [5, 5.41) is 28.3. The molecule has 50 heavy (non-hydrogen) atoms. The molecule has 3 aromatic carbocycles. The molecule has 5 rings (SSSR count). The van der Waals surface area contributed by atoms with Gasteiger partial charge in [-0.2, -0.15) is 0 Å². The number of rotatable bonds is 8. The number of primary amides is 1. The number of esters is 1. The summed E-state index contributed by atoms with van der Waals surface area (Å²) in [7, 11) is 0. The van der Waals surface area contributed by atoms with Crippen LogP contribution in [0.2, 0.25) is 0 Å². The molecule has 13 nitrogen and oxygen atoms in total. The Hall–Kier alpha value is -5.85. The minimum absolute atomic E-state index is 0.00975. The number of phenols is 2. The van der Waals surface area contributed by atoms with Crippen LogP contribution in [0.25, 0.3) is 6.08 Å². The fourth-order valence-corrected chi connectivity index (χ4v) is 5.89. The number of allylic oxidation sites excluding steroid dienone is 1. The Labute approximate surface area is 288 Å². The van der Waals surface area contributed by atoms with Crippen molar-refractivity contribution in [1.82, 2.24) is 5.32 Å². The fraction of sp³-hybridized carbons (Fsp3) is 0.324. The highest BCUT2D eigenvalue weighted by atomic mass is 16.7. The van der Waals surface area contributed by atoms with Crippen LogP contribution in [0.3, 0.4) is 0 Å². The van der Waals surface area contributed by atoms with E-state index in [4.69, 9.17) is 19.9 Å². The van der Waals surface area contributed by atoms with Gasteiger partial charge in [0, 0.05) is 42.0 Å². The lowest BCUT2D eigenvalue weighted by molar-refractivity contribution is -0.124. The Balaban J connectivity index is 1.44. The fourth-order valence-electron chi connectivity index (χ4n) is 5.89. The number of cyclic esters (lactones) is 1. The molecule has 0 aromatic heterocycles. The first kappa shape index (κ1) is 35.5. The van der Waals surface area contributed by atoms with Gasteiger partial charge in [0.25, 0.3) is 0 Å². The maximum Gasteiger partial charge on any atom is 0.342 e. The Kier molecular flexibility index (Phi) is 11.4. The molecule has 262 valence electrons. The summed E-state index contributed by atoms with van der Waals surface area (Å²) < 4.78 is 16.7. The molecule has 0 fully saturated rings. The Bertz CT molecular complexity index is 1820. The van der Waals surface area contributed by atoms with Crippen LogP contribution in [0, 0.1) is 0 Å². The van der Waals surface area contributed by atoms with Crippen molar-refractivity contribution in [1.29, 1.82) is 0 Å². The molecule has 0 saturated carbocycles. The summed E-state index contributed by atoms with van der Waals surface area (Å²) in [6, 6.07) is 12.1. The Morgan fingerprint density at radius 2 is 1.70 bits per heavy atom. The lowest BCUT2D eigenvalue weighted by Crippen LogP contribution is -2.33. The third kappa shape index (κ3) is 8.78. The van der Waals surface area contributed by atoms with Gasteiger partial charge in [0.1, 0.15) is 22.8 Å². The monoisotopic (exact) mass is 685 g/mol. The molecule has 6 N–H and O–H groups in total. The van der Waals surface area contributed by atoms with Crippen LogP contribution in [0.1, 0.15) is 95.2 Å². The first-order chi connectivity index (χ1) is 24.0. The standard InChI is InChI=1S/C37H39N3O10/c1-21-6-5-9-26(41)8-4-2-3-7-24-16-28(42)34(35(45)33(24)37(47)50-21)27(23-12-15-29-30(17-23)49-20-48-29)18-31(43)39-19-32(44)40-25-13-10-22(11-14-25)36(38)46/h3,7,10-17,21,27,42,45H,2,4-6,8-9,18-20H2,1H3,(H2,38,46)(H,39,43)(H,40,44)/t21-,27?/m0/s1. The van der Waals surface area contributed by atoms with E-state index in [-0.39, 0.29) is 47.0 Å². The summed E-state index contributed by atoms with van der Waals surface area (Å²) in [5.74, 6) is -3.54. The van der Waals surface area contributed by atoms with Gasteiger partial charge < -0.3 is 40.8 Å². The van der Waals surface area contributed by atoms with E-state index in [2.05, 4.69) is 10.6 Å². The number of nitrogens with one attached hydrogen (secondary N) is 2. The highest BCUT2D eigenvalue weighted by molar-refractivity contribution is 5.99. The number of hydrogen-bond donors (Lipinski definition) is 5. The quantitative estimate of drug-likeness (QED) is 0.207. The average molecular weight is 686 g/mol. The van der Waals surface area contributed by atoms with E-state index in [9.17, 15) is 34.2 Å². The maximum atomic E-state index is 13.6. The highest BCUT2D eigenvalue weighted by Crippen LogP contribution is 2.46. The number of carbonyl (C=O) groups excluding carboxylic acids is 5. The zero-order chi connectivity index (χ0) is 35.8. The predicted octanol–water partition coefficient (Wildman–Crippen LogP) is 4.68. The highest BCUT2D eigenvalue weighted by Gasteiger charge is 2.32. The molecule has 0 spiro atoms. The second kappa shape index (κ2) is 16.0. The molecule has 2 aliphatic rings. The summed E-state index contributed by atoms with van der Waals surface area (Å²) in [6.45, 7) is 1.28. The third-order valence-corrected chi connectivity index (χ3v) is 8.49. The number of ether oxygens (including phenoxy) is 3. The minimum Gasteiger partial charge on any atom is -0.507 e. The summed E-state index contributed by atoms with van der Waals surface area (Å²) in [4.78, 5) is 63.1. The molecule has 13 heteroatoms. The Morgan fingerprint density at radius 1 is 0.960 bits per heavy atom. The lowest BCUT2D eigenvalue weighted by atomic mass is 9.84. The van der Waals surface area contributed by atoms with Gasteiger partial charge in [-0.25, -0.2) is 4.79 Å². The smallest absolute Gasteiger partial charge is 0.342 e. The molecular formula is C37H39N3O10. The van der Waals surface area contributed by atoms with Crippen molar-refractivity contribution in [3.05, 3.63) is 82.4 Å². The lowest BCUT2D eigenvalue weighted by Gasteiger charge is -2.23. The predicted molar refractivity (Wildman–Crippen MR) is 182 cm³/mol. The molecule has 0 radical (unpaired) electrons. The second-order valence-corrected chi connectivity index (χ2v) is 12.2. The van der Waals surface area contributed by atoms with Crippen LogP contribution in [0.5, 0.6) is 23.0 Å². The van der Waals surface area contributed by atoms with Crippen LogP contribution in [0.4, 0.5) is 5.69 Å². The molecular weight excluding hydrogens is 646 g/mol. The summed E-state index contributed by atoms with van der Waals surface area (Å²) >= 11 is 0. The molecule has 0 aliphatic carbocycles. The van der Waals surface area contributed by atoms with E-state index in [0.717, 1.165) is 0 Å². The molecule has 2 aliphatic heterocycles. The number of Topliss-reactive ketones (excluding diaryl/α,β-unsaturated/α-hetero) is 1. The number of carbonyl (C=O) groups is 5. The SMILES string of the molecule is C[C@H]1CCCC(=O)CCCC=Cc2cc(O)c(C(CC(=O)NCC(=O)Nc3ccc(C(N)=O)cc3)c3ccc4c(c3)OCO4)c(O)c2C(=O)O1. The number of fused-ring (bicyclic) bond motifs is 2. The van der Waals surface area contributed by atoms with E-state index in [1.165, 1.54) is 30.3 Å². The van der Waals surface area contributed by atoms with E-state index >= 15 is 0 Å². The molecule has 0 saturated heterocycles. The first-order valence-corrected chi connectivity index (χ1v) is 16.3. The normalized spacial score (nSPS) is 16.8. The number of amides is 3. The number of benzene rings is 3. The van der Waals surface area contributed by atoms with Crippen LogP contribution in [0.15, 0.2) is 54.6 Å². The van der Waals surface area contributed by atoms with Crippen LogP contribution in [-0.4, -0.2) is 59.1 Å². The minimum atomic E-state index is -1.02. The van der Waals surface area contributed by atoms with Crippen molar-refractivity contribution in [2.24, 2.45) is 5.73 Å². The molecule has 1 unspecified atom stereocenters. The van der Waals surface area contributed by atoms with E-state index in [1.807, 2.05) is 0 Å². The van der Waals surface area contributed by atoms with Gasteiger partial charge in [-0.3, -0.25) is 19.2 Å². The van der Waals surface area contributed by atoms with Crippen LogP contribution in [-0.2, 0) is 19.1 Å². The number of ketones is 1. The molecule has 2 atom stereocenters. The van der Waals surface area contributed by atoms with Gasteiger partial charge in [-0.1, -0.05) is 18.2 Å². The number of anilines is 1. The zero-order valence-electron chi connectivity index (χ0n) is 27.5. The molecule has 0 bridgehead atoms. The second-order valence-electron chi connectivity index (χ2n) is 12.2. The van der Waals surface area contributed by atoms with Crippen molar-refractivity contribution in [2.75, 3.05) is 18.7 Å². The van der Waals surface area contributed by atoms with E-state index < -0.39 is 48.0 Å². The topological polar surface area (TPSA) is 204 Å². The van der Waals surface area contributed by atoms with Gasteiger partial charge in [0.15, 0.2) is 11.5 Å². The Morgan fingerprint density at radius 3 is 2.46 bits per heavy atom. The van der Waals surface area contributed by atoms with E-state index in [1.54, 1.807) is 37.3 Å². The number of hydrogen-bond acceptors (Lipinski definition) is 10. The van der Waals surface area contributed by atoms with Gasteiger partial charge in [0.2, 0.25) is 24.5 Å². The van der Waals surface area contributed by atoms with Crippen LogP contribution >= 0.6 is 0 Å². The van der Waals surface area contributed by atoms with Gasteiger partial charge in [0.05, 0.1) is 12.6 Å². The first-order valence-electron chi connectivity index (χ1n) is 16.3. The van der Waals surface area contributed by atoms with Crippen molar-refractivity contribution in [3.63, 3.8) is 0 Å². The van der Waals surface area contributed by atoms with Gasteiger partial charge in [-0.05, 0) is 86.2 Å². The van der Waals surface area contributed by atoms with Gasteiger partial charge in [-0.15, -0.1) is 0 Å². The molecule has 2 heterocycles. The van der Waals surface area contributed by atoms with Crippen molar-refractivity contribution in [3.8, 4) is 23.0 Å². The molecule has 3 aromatic rings. The van der Waals surface area contributed by atoms with Gasteiger partial charge >= 0.3 is 5.97 Å². The number of phenolic OH excluding ortho intramolecular Hbond substituents is 2. The largest absolute Gasteiger partial charge is 0.507 e. The summed E-state index contributed by atoms with van der Waals surface area (Å²) in [6.07, 6.45) is 5.38. The summed E-state index contributed by atoms with van der Waals surface area (Å²) in [5.41, 5.74) is 6.30. The van der Waals surface area contributed by atoms with Crippen molar-refractivity contribution in [2.45, 2.75) is 63.9 Å². The third-order valence-electron chi connectivity index (χ3n) is 8.49. The maximum absolute atomic E-state index is 13.6. The van der Waals surface area contributed by atoms with Crippen molar-refractivity contribution < 1.29 is 48.4 Å². The van der Waals surface area contributed by atoms with Crippen molar-refractivity contribution >= 4 is 41.2 Å². The van der Waals surface area contributed by atoms with E-state index in [0.29, 0.717) is 61.3 Å². The number of nitrogens with two attached hydrogens (primary N) is 1. The van der Waals surface area contributed by atoms with Crippen LogP contribution < -0.4 is 25.8 Å². The number of aromatic hydroxyl groups is 2.